The first kappa shape index (κ1) is 19.5. The van der Waals surface area contributed by atoms with Crippen molar-refractivity contribution < 1.29 is 19.1 Å². The Morgan fingerprint density at radius 3 is 2.43 bits per heavy atom. The molecule has 0 fully saturated rings. The summed E-state index contributed by atoms with van der Waals surface area (Å²) in [5.41, 5.74) is 0.282. The molecule has 0 aliphatic carbocycles. The summed E-state index contributed by atoms with van der Waals surface area (Å²) in [6, 6.07) is 6.88. The van der Waals surface area contributed by atoms with Crippen LogP contribution >= 0.6 is 22.6 Å². The lowest BCUT2D eigenvalue weighted by Crippen LogP contribution is -2.45. The standard InChI is InChI=1S/C17H22INO4/c1-5-10-22-15(20)14(19-16(21)23-17(2,3)4)11-12-6-8-13(18)9-7-12/h5-9,14H,1,10-11H2,2-4H3,(H,19,21)/t14-/m0/s1. The maximum Gasteiger partial charge on any atom is 0.408 e. The van der Waals surface area contributed by atoms with Crippen molar-refractivity contribution in [2.24, 2.45) is 0 Å². The molecule has 6 heteroatoms. The number of carbonyl (C=O) groups is 2. The van der Waals surface area contributed by atoms with Gasteiger partial charge in [0.2, 0.25) is 0 Å². The number of alkyl carbamates (subject to hydrolysis) is 1. The molecular weight excluding hydrogens is 409 g/mol. The van der Waals surface area contributed by atoms with Crippen molar-refractivity contribution in [3.8, 4) is 0 Å². The second kappa shape index (κ2) is 8.90. The Kier molecular flexibility index (Phi) is 7.54. The summed E-state index contributed by atoms with van der Waals surface area (Å²) in [5.74, 6) is -0.519. The van der Waals surface area contributed by atoms with E-state index >= 15 is 0 Å². The smallest absolute Gasteiger partial charge is 0.408 e. The molecule has 0 aromatic heterocycles. The quantitative estimate of drug-likeness (QED) is 0.426. The maximum atomic E-state index is 12.1. The van der Waals surface area contributed by atoms with E-state index in [1.165, 1.54) is 6.08 Å². The van der Waals surface area contributed by atoms with Crippen LogP contribution in [-0.2, 0) is 20.7 Å². The number of ether oxygens (including phenoxy) is 2. The molecule has 0 aliphatic rings. The highest BCUT2D eigenvalue weighted by Crippen LogP contribution is 2.11. The van der Waals surface area contributed by atoms with Gasteiger partial charge in [0.1, 0.15) is 18.2 Å². The van der Waals surface area contributed by atoms with Crippen LogP contribution in [0.2, 0.25) is 0 Å². The van der Waals surface area contributed by atoms with Gasteiger partial charge in [0, 0.05) is 9.99 Å². The van der Waals surface area contributed by atoms with Gasteiger partial charge in [-0.3, -0.25) is 0 Å². The number of hydrogen-bond acceptors (Lipinski definition) is 4. The fourth-order valence-electron chi connectivity index (χ4n) is 1.74. The van der Waals surface area contributed by atoms with Crippen LogP contribution in [-0.4, -0.2) is 30.3 Å². The van der Waals surface area contributed by atoms with Crippen LogP contribution < -0.4 is 5.32 Å². The Balaban J connectivity index is 2.79. The van der Waals surface area contributed by atoms with Crippen molar-refractivity contribution in [1.29, 1.82) is 0 Å². The van der Waals surface area contributed by atoms with Gasteiger partial charge < -0.3 is 14.8 Å². The number of halogens is 1. The number of carbonyl (C=O) groups excluding carboxylic acids is 2. The lowest BCUT2D eigenvalue weighted by molar-refractivity contribution is -0.144. The van der Waals surface area contributed by atoms with Gasteiger partial charge in [0.25, 0.3) is 0 Å². The molecule has 1 aromatic carbocycles. The Hall–Kier alpha value is -1.57. The third kappa shape index (κ3) is 8.01. The van der Waals surface area contributed by atoms with Gasteiger partial charge in [-0.2, -0.15) is 0 Å². The largest absolute Gasteiger partial charge is 0.460 e. The molecule has 0 unspecified atom stereocenters. The highest BCUT2D eigenvalue weighted by molar-refractivity contribution is 14.1. The number of hydrogen-bond donors (Lipinski definition) is 1. The Morgan fingerprint density at radius 2 is 1.91 bits per heavy atom. The molecule has 0 saturated carbocycles. The summed E-state index contributed by atoms with van der Waals surface area (Å²) in [5, 5.41) is 2.57. The topological polar surface area (TPSA) is 64.6 Å². The highest BCUT2D eigenvalue weighted by Gasteiger charge is 2.25. The monoisotopic (exact) mass is 431 g/mol. The van der Waals surface area contributed by atoms with Gasteiger partial charge in [-0.25, -0.2) is 9.59 Å². The Bertz CT molecular complexity index is 549. The van der Waals surface area contributed by atoms with Crippen molar-refractivity contribution in [2.45, 2.75) is 38.8 Å². The van der Waals surface area contributed by atoms with Gasteiger partial charge in [-0.15, -0.1) is 0 Å². The molecule has 0 saturated heterocycles. The molecule has 1 aromatic rings. The van der Waals surface area contributed by atoms with Crippen LogP contribution in [0, 0.1) is 3.57 Å². The van der Waals surface area contributed by atoms with Crippen molar-refractivity contribution in [2.75, 3.05) is 6.61 Å². The zero-order valence-electron chi connectivity index (χ0n) is 13.6. The Morgan fingerprint density at radius 1 is 1.30 bits per heavy atom. The van der Waals surface area contributed by atoms with E-state index in [0.29, 0.717) is 6.42 Å². The molecule has 0 spiro atoms. The molecule has 23 heavy (non-hydrogen) atoms. The summed E-state index contributed by atoms with van der Waals surface area (Å²) in [6.07, 6.45) is 1.16. The van der Waals surface area contributed by atoms with Crippen LogP contribution in [0.5, 0.6) is 0 Å². The molecule has 1 N–H and O–H groups in total. The number of rotatable bonds is 6. The van der Waals surface area contributed by atoms with E-state index in [2.05, 4.69) is 34.5 Å². The molecule has 126 valence electrons. The molecule has 0 bridgehead atoms. The van der Waals surface area contributed by atoms with Gasteiger partial charge >= 0.3 is 12.1 Å². The lowest BCUT2D eigenvalue weighted by Gasteiger charge is -2.23. The molecule has 0 heterocycles. The molecular formula is C17H22INO4. The first-order valence-electron chi connectivity index (χ1n) is 7.23. The maximum absolute atomic E-state index is 12.1. The van der Waals surface area contributed by atoms with Crippen LogP contribution in [0.25, 0.3) is 0 Å². The summed E-state index contributed by atoms with van der Waals surface area (Å²) in [4.78, 5) is 24.1. The SMILES string of the molecule is C=CCOC(=O)[C@H](Cc1ccc(I)cc1)NC(=O)OC(C)(C)C. The first-order chi connectivity index (χ1) is 10.7. The number of esters is 1. The molecule has 5 nitrogen and oxygen atoms in total. The highest BCUT2D eigenvalue weighted by atomic mass is 127. The minimum absolute atomic E-state index is 0.0953. The normalized spacial score (nSPS) is 12.2. The van der Waals surface area contributed by atoms with Crippen molar-refractivity contribution in [1.82, 2.24) is 5.32 Å². The second-order valence-electron chi connectivity index (χ2n) is 5.95. The van der Waals surface area contributed by atoms with Crippen LogP contribution in [0.15, 0.2) is 36.9 Å². The minimum Gasteiger partial charge on any atom is -0.460 e. The van der Waals surface area contributed by atoms with Crippen molar-refractivity contribution >= 4 is 34.7 Å². The Labute approximate surface area is 150 Å². The molecule has 1 rings (SSSR count). The van der Waals surface area contributed by atoms with E-state index in [0.717, 1.165) is 9.13 Å². The first-order valence-corrected chi connectivity index (χ1v) is 8.30. The predicted molar refractivity (Wildman–Crippen MR) is 97.2 cm³/mol. The second-order valence-corrected chi connectivity index (χ2v) is 7.19. The van der Waals surface area contributed by atoms with E-state index in [1.807, 2.05) is 24.3 Å². The van der Waals surface area contributed by atoms with Crippen LogP contribution in [0.1, 0.15) is 26.3 Å². The van der Waals surface area contributed by atoms with E-state index < -0.39 is 23.7 Å². The third-order valence-electron chi connectivity index (χ3n) is 2.67. The molecule has 0 radical (unpaired) electrons. The summed E-state index contributed by atoms with van der Waals surface area (Å²) >= 11 is 2.20. The fourth-order valence-corrected chi connectivity index (χ4v) is 2.10. The minimum atomic E-state index is -0.815. The van der Waals surface area contributed by atoms with Crippen molar-refractivity contribution in [3.63, 3.8) is 0 Å². The van der Waals surface area contributed by atoms with Gasteiger partial charge in [-0.05, 0) is 61.1 Å². The predicted octanol–water partition coefficient (Wildman–Crippen LogP) is 3.46. The lowest BCUT2D eigenvalue weighted by atomic mass is 10.1. The van der Waals surface area contributed by atoms with E-state index in [4.69, 9.17) is 9.47 Å². The van der Waals surface area contributed by atoms with Gasteiger partial charge in [0.05, 0.1) is 0 Å². The fraction of sp³-hybridized carbons (Fsp3) is 0.412. The average Bonchev–Trinajstić information content (AvgIpc) is 2.44. The number of nitrogens with one attached hydrogen (secondary N) is 1. The van der Waals surface area contributed by atoms with Crippen LogP contribution in [0.3, 0.4) is 0 Å². The average molecular weight is 431 g/mol. The van der Waals surface area contributed by atoms with Crippen LogP contribution in [0.4, 0.5) is 4.79 Å². The van der Waals surface area contributed by atoms with E-state index in [1.54, 1.807) is 20.8 Å². The van der Waals surface area contributed by atoms with E-state index in [9.17, 15) is 9.59 Å². The number of benzene rings is 1. The summed E-state index contributed by atoms with van der Waals surface area (Å²) in [7, 11) is 0. The van der Waals surface area contributed by atoms with Crippen molar-refractivity contribution in [3.05, 3.63) is 46.1 Å². The summed E-state index contributed by atoms with van der Waals surface area (Å²) in [6.45, 7) is 8.88. The van der Waals surface area contributed by atoms with Gasteiger partial charge in [-0.1, -0.05) is 24.8 Å². The zero-order chi connectivity index (χ0) is 17.5. The number of amides is 1. The molecule has 1 atom stereocenters. The molecule has 1 amide bonds. The van der Waals surface area contributed by atoms with E-state index in [-0.39, 0.29) is 6.61 Å². The summed E-state index contributed by atoms with van der Waals surface area (Å²) < 4.78 is 11.3. The third-order valence-corrected chi connectivity index (χ3v) is 3.39. The molecule has 0 aliphatic heterocycles. The van der Waals surface area contributed by atoms with Gasteiger partial charge in [0.15, 0.2) is 0 Å². The zero-order valence-corrected chi connectivity index (χ0v) is 15.8.